The number of anilines is 1. The van der Waals surface area contributed by atoms with Gasteiger partial charge in [0.15, 0.2) is 0 Å². The molecule has 0 bridgehead atoms. The number of rotatable bonds is 8. The second-order valence-electron chi connectivity index (χ2n) is 5.94. The van der Waals surface area contributed by atoms with Crippen LogP contribution in [0.5, 0.6) is 0 Å². The summed E-state index contributed by atoms with van der Waals surface area (Å²) in [4.78, 5) is 26.7. The first-order valence-corrected chi connectivity index (χ1v) is 9.57. The smallest absolute Gasteiger partial charge is 0.255 e. The van der Waals surface area contributed by atoms with Crippen molar-refractivity contribution in [3.63, 3.8) is 0 Å². The van der Waals surface area contributed by atoms with E-state index in [1.165, 1.54) is 6.07 Å². The molecular formula is C20H23Cl2N3O2. The third-order valence-electron chi connectivity index (χ3n) is 4.19. The summed E-state index contributed by atoms with van der Waals surface area (Å²) in [5.41, 5.74) is 1.54. The van der Waals surface area contributed by atoms with E-state index in [0.717, 1.165) is 19.6 Å². The number of nitrogens with one attached hydrogen (secondary N) is 2. The van der Waals surface area contributed by atoms with Crippen LogP contribution in [0.1, 0.15) is 34.6 Å². The molecule has 0 saturated heterocycles. The average Bonchev–Trinajstić information content (AvgIpc) is 2.67. The molecule has 27 heavy (non-hydrogen) atoms. The lowest BCUT2D eigenvalue weighted by molar-refractivity contribution is 0.0948. The molecule has 2 aromatic carbocycles. The van der Waals surface area contributed by atoms with E-state index in [2.05, 4.69) is 29.4 Å². The van der Waals surface area contributed by atoms with E-state index < -0.39 is 0 Å². The van der Waals surface area contributed by atoms with Gasteiger partial charge in [-0.2, -0.15) is 0 Å². The summed E-state index contributed by atoms with van der Waals surface area (Å²) in [6, 6.07) is 11.4. The predicted octanol–water partition coefficient (Wildman–Crippen LogP) is 4.32. The van der Waals surface area contributed by atoms with E-state index >= 15 is 0 Å². The zero-order chi connectivity index (χ0) is 19.8. The normalized spacial score (nSPS) is 10.7. The van der Waals surface area contributed by atoms with Crippen molar-refractivity contribution in [2.75, 3.05) is 31.5 Å². The minimum absolute atomic E-state index is 0.135. The summed E-state index contributed by atoms with van der Waals surface area (Å²) < 4.78 is 0. The van der Waals surface area contributed by atoms with Crippen molar-refractivity contribution in [3.05, 3.63) is 63.6 Å². The highest BCUT2D eigenvalue weighted by Crippen LogP contribution is 2.23. The largest absolute Gasteiger partial charge is 0.351 e. The van der Waals surface area contributed by atoms with Crippen molar-refractivity contribution < 1.29 is 9.59 Å². The maximum Gasteiger partial charge on any atom is 0.255 e. The van der Waals surface area contributed by atoms with Crippen LogP contribution in [0, 0.1) is 0 Å². The zero-order valence-electron chi connectivity index (χ0n) is 15.4. The van der Waals surface area contributed by atoms with Crippen LogP contribution < -0.4 is 10.6 Å². The molecule has 2 amide bonds. The van der Waals surface area contributed by atoms with Crippen molar-refractivity contribution in [1.29, 1.82) is 0 Å². The molecule has 0 atom stereocenters. The number of amides is 2. The first kappa shape index (κ1) is 21.2. The molecular weight excluding hydrogens is 385 g/mol. The molecule has 0 radical (unpaired) electrons. The van der Waals surface area contributed by atoms with Crippen LogP contribution in [0.25, 0.3) is 0 Å². The standard InChI is InChI=1S/C20H23Cl2N3O2/c1-3-25(4-2)12-11-23-19(26)14-5-8-16(9-6-14)24-20(27)15-7-10-17(21)18(22)13-15/h5-10,13H,3-4,11-12H2,1-2H3,(H,23,26)(H,24,27). The third-order valence-corrected chi connectivity index (χ3v) is 4.93. The van der Waals surface area contributed by atoms with Gasteiger partial charge in [-0.3, -0.25) is 9.59 Å². The maximum absolute atomic E-state index is 12.3. The van der Waals surface area contributed by atoms with Crippen LogP contribution in [0.2, 0.25) is 10.0 Å². The van der Waals surface area contributed by atoms with Crippen LogP contribution in [-0.4, -0.2) is 42.9 Å². The molecule has 0 unspecified atom stereocenters. The zero-order valence-corrected chi connectivity index (χ0v) is 16.9. The van der Waals surface area contributed by atoms with Gasteiger partial charge in [0.25, 0.3) is 11.8 Å². The number of hydrogen-bond donors (Lipinski definition) is 2. The SMILES string of the molecule is CCN(CC)CCNC(=O)c1ccc(NC(=O)c2ccc(Cl)c(Cl)c2)cc1. The minimum Gasteiger partial charge on any atom is -0.351 e. The first-order chi connectivity index (χ1) is 12.9. The lowest BCUT2D eigenvalue weighted by Gasteiger charge is -2.18. The number of hydrogen-bond acceptors (Lipinski definition) is 3. The summed E-state index contributed by atoms with van der Waals surface area (Å²) in [6.45, 7) is 7.51. The predicted molar refractivity (Wildman–Crippen MR) is 111 cm³/mol. The highest BCUT2D eigenvalue weighted by Gasteiger charge is 2.10. The van der Waals surface area contributed by atoms with E-state index in [-0.39, 0.29) is 11.8 Å². The van der Waals surface area contributed by atoms with Gasteiger partial charge in [0, 0.05) is 29.9 Å². The molecule has 0 fully saturated rings. The van der Waals surface area contributed by atoms with Gasteiger partial charge in [0.05, 0.1) is 10.0 Å². The van der Waals surface area contributed by atoms with E-state index in [1.807, 2.05) is 0 Å². The lowest BCUT2D eigenvalue weighted by atomic mass is 10.1. The summed E-state index contributed by atoms with van der Waals surface area (Å²) >= 11 is 11.8. The van der Waals surface area contributed by atoms with Gasteiger partial charge < -0.3 is 15.5 Å². The minimum atomic E-state index is -0.301. The number of halogens is 2. The van der Waals surface area contributed by atoms with Crippen LogP contribution in [0.15, 0.2) is 42.5 Å². The van der Waals surface area contributed by atoms with Crippen molar-refractivity contribution in [2.45, 2.75) is 13.8 Å². The quantitative estimate of drug-likeness (QED) is 0.684. The fourth-order valence-electron chi connectivity index (χ4n) is 2.52. The fourth-order valence-corrected chi connectivity index (χ4v) is 2.81. The van der Waals surface area contributed by atoms with Crippen molar-refractivity contribution in [3.8, 4) is 0 Å². The molecule has 144 valence electrons. The number of nitrogens with zero attached hydrogens (tertiary/aromatic N) is 1. The van der Waals surface area contributed by atoms with Crippen molar-refractivity contribution >= 4 is 40.7 Å². The third kappa shape index (κ3) is 6.24. The Balaban J connectivity index is 1.91. The van der Waals surface area contributed by atoms with E-state index in [4.69, 9.17) is 23.2 Å². The monoisotopic (exact) mass is 407 g/mol. The van der Waals surface area contributed by atoms with Gasteiger partial charge in [-0.15, -0.1) is 0 Å². The van der Waals surface area contributed by atoms with Crippen LogP contribution >= 0.6 is 23.2 Å². The van der Waals surface area contributed by atoms with Crippen LogP contribution in [0.4, 0.5) is 5.69 Å². The highest BCUT2D eigenvalue weighted by molar-refractivity contribution is 6.42. The van der Waals surface area contributed by atoms with Gasteiger partial charge in [0.1, 0.15) is 0 Å². The fraction of sp³-hybridized carbons (Fsp3) is 0.300. The summed E-state index contributed by atoms with van der Waals surface area (Å²) in [5.74, 6) is -0.436. The number of likely N-dealkylation sites (N-methyl/N-ethyl adjacent to an activating group) is 1. The topological polar surface area (TPSA) is 61.4 Å². The first-order valence-electron chi connectivity index (χ1n) is 8.81. The molecule has 0 heterocycles. The average molecular weight is 408 g/mol. The van der Waals surface area contributed by atoms with Gasteiger partial charge in [-0.25, -0.2) is 0 Å². The Bertz CT molecular complexity index is 790. The lowest BCUT2D eigenvalue weighted by Crippen LogP contribution is -2.34. The molecule has 7 heteroatoms. The van der Waals surface area contributed by atoms with Gasteiger partial charge in [0.2, 0.25) is 0 Å². The van der Waals surface area contributed by atoms with E-state index in [0.29, 0.717) is 33.4 Å². The maximum atomic E-state index is 12.3. The molecule has 0 aromatic heterocycles. The Morgan fingerprint density at radius 3 is 2.11 bits per heavy atom. The Morgan fingerprint density at radius 2 is 1.52 bits per heavy atom. The van der Waals surface area contributed by atoms with Gasteiger partial charge in [-0.05, 0) is 55.6 Å². The second kappa shape index (κ2) is 10.3. The molecule has 0 aliphatic heterocycles. The molecule has 0 saturated carbocycles. The van der Waals surface area contributed by atoms with Gasteiger partial charge >= 0.3 is 0 Å². The van der Waals surface area contributed by atoms with Crippen LogP contribution in [0.3, 0.4) is 0 Å². The number of carbonyl (C=O) groups is 2. The molecule has 0 aliphatic rings. The molecule has 0 spiro atoms. The van der Waals surface area contributed by atoms with E-state index in [1.54, 1.807) is 36.4 Å². The number of benzene rings is 2. The second-order valence-corrected chi connectivity index (χ2v) is 6.76. The number of carbonyl (C=O) groups excluding carboxylic acids is 2. The van der Waals surface area contributed by atoms with E-state index in [9.17, 15) is 9.59 Å². The van der Waals surface area contributed by atoms with Crippen LogP contribution in [-0.2, 0) is 0 Å². The Kier molecular flexibility index (Phi) is 8.10. The summed E-state index contributed by atoms with van der Waals surface area (Å²) in [5, 5.41) is 6.38. The molecule has 2 aromatic rings. The summed E-state index contributed by atoms with van der Waals surface area (Å²) in [6.07, 6.45) is 0. The van der Waals surface area contributed by atoms with Crippen molar-refractivity contribution in [2.24, 2.45) is 0 Å². The summed E-state index contributed by atoms with van der Waals surface area (Å²) in [7, 11) is 0. The molecule has 2 N–H and O–H groups in total. The Morgan fingerprint density at radius 1 is 0.889 bits per heavy atom. The Hall–Kier alpha value is -2.08. The Labute approximate surface area is 169 Å². The van der Waals surface area contributed by atoms with Crippen molar-refractivity contribution in [1.82, 2.24) is 10.2 Å². The van der Waals surface area contributed by atoms with Gasteiger partial charge in [-0.1, -0.05) is 37.0 Å². The molecule has 2 rings (SSSR count). The highest BCUT2D eigenvalue weighted by atomic mass is 35.5. The molecule has 5 nitrogen and oxygen atoms in total. The molecule has 0 aliphatic carbocycles.